The van der Waals surface area contributed by atoms with Gasteiger partial charge in [0.1, 0.15) is 6.04 Å². The molecule has 2 unspecified atom stereocenters. The fourth-order valence-corrected chi connectivity index (χ4v) is 3.92. The zero-order valence-electron chi connectivity index (χ0n) is 13.3. The van der Waals surface area contributed by atoms with E-state index in [1.807, 2.05) is 0 Å². The second kappa shape index (κ2) is 7.58. The quantitative estimate of drug-likeness (QED) is 0.808. The van der Waals surface area contributed by atoms with Crippen molar-refractivity contribution < 1.29 is 9.59 Å². The standard InChI is InChI=1S/C18H20Cl2N2O2/c19-13-9-14(20)11-15(10-13)21-18(24)16-6-3-7-22(16)17(23)8-12-4-1-2-5-12/h1,4,9-12,16H,2-3,5-8H2,(H,21,24). The minimum atomic E-state index is -0.416. The molecule has 2 aliphatic rings. The van der Waals surface area contributed by atoms with Gasteiger partial charge in [0.05, 0.1) is 0 Å². The lowest BCUT2D eigenvalue weighted by atomic mass is 10.0. The second-order valence-electron chi connectivity index (χ2n) is 6.36. The molecule has 1 fully saturated rings. The number of hydrogen-bond acceptors (Lipinski definition) is 2. The molecular formula is C18H20Cl2N2O2. The fraction of sp³-hybridized carbons (Fsp3) is 0.444. The van der Waals surface area contributed by atoms with Gasteiger partial charge in [-0.25, -0.2) is 0 Å². The summed E-state index contributed by atoms with van der Waals surface area (Å²) in [6, 6.07) is 4.49. The fourth-order valence-electron chi connectivity index (χ4n) is 3.40. The van der Waals surface area contributed by atoms with E-state index in [2.05, 4.69) is 17.5 Å². The van der Waals surface area contributed by atoms with Gasteiger partial charge in [0.2, 0.25) is 11.8 Å². The molecule has 1 aromatic carbocycles. The van der Waals surface area contributed by atoms with Crippen molar-refractivity contribution in [1.82, 2.24) is 4.90 Å². The van der Waals surface area contributed by atoms with Crippen molar-refractivity contribution in [1.29, 1.82) is 0 Å². The molecule has 128 valence electrons. The number of amides is 2. The zero-order chi connectivity index (χ0) is 17.1. The first-order valence-corrected chi connectivity index (χ1v) is 9.01. The van der Waals surface area contributed by atoms with Gasteiger partial charge in [-0.15, -0.1) is 0 Å². The number of halogens is 2. The van der Waals surface area contributed by atoms with Crippen LogP contribution in [0.25, 0.3) is 0 Å². The minimum absolute atomic E-state index is 0.0633. The van der Waals surface area contributed by atoms with Crippen molar-refractivity contribution in [2.75, 3.05) is 11.9 Å². The lowest BCUT2D eigenvalue weighted by Crippen LogP contribution is -2.43. The van der Waals surface area contributed by atoms with Gasteiger partial charge in [-0.05, 0) is 49.8 Å². The second-order valence-corrected chi connectivity index (χ2v) is 7.24. The molecule has 24 heavy (non-hydrogen) atoms. The largest absolute Gasteiger partial charge is 0.331 e. The molecule has 3 rings (SSSR count). The summed E-state index contributed by atoms with van der Waals surface area (Å²) >= 11 is 11.9. The number of nitrogens with one attached hydrogen (secondary N) is 1. The Hall–Kier alpha value is -1.52. The van der Waals surface area contributed by atoms with Gasteiger partial charge in [0.25, 0.3) is 0 Å². The molecule has 0 aromatic heterocycles. The van der Waals surface area contributed by atoms with Gasteiger partial charge in [0.15, 0.2) is 0 Å². The van der Waals surface area contributed by atoms with Crippen LogP contribution < -0.4 is 5.32 Å². The number of nitrogens with zero attached hydrogens (tertiary/aromatic N) is 1. The average Bonchev–Trinajstić information content (AvgIpc) is 3.16. The van der Waals surface area contributed by atoms with E-state index in [-0.39, 0.29) is 11.8 Å². The van der Waals surface area contributed by atoms with Gasteiger partial charge in [-0.2, -0.15) is 0 Å². The minimum Gasteiger partial charge on any atom is -0.331 e. The Morgan fingerprint density at radius 2 is 1.92 bits per heavy atom. The molecule has 0 radical (unpaired) electrons. The van der Waals surface area contributed by atoms with Crippen LogP contribution in [0.15, 0.2) is 30.4 Å². The number of benzene rings is 1. The van der Waals surface area contributed by atoms with Gasteiger partial charge in [-0.3, -0.25) is 9.59 Å². The molecule has 1 aliphatic heterocycles. The van der Waals surface area contributed by atoms with E-state index in [1.165, 1.54) is 0 Å². The van der Waals surface area contributed by atoms with E-state index >= 15 is 0 Å². The molecule has 0 bridgehead atoms. The zero-order valence-corrected chi connectivity index (χ0v) is 14.8. The highest BCUT2D eigenvalue weighted by molar-refractivity contribution is 6.35. The normalized spacial score (nSPS) is 22.8. The highest BCUT2D eigenvalue weighted by Crippen LogP contribution is 2.27. The van der Waals surface area contributed by atoms with Crippen molar-refractivity contribution in [2.24, 2.45) is 5.92 Å². The number of rotatable bonds is 4. The van der Waals surface area contributed by atoms with Crippen LogP contribution in [-0.4, -0.2) is 29.3 Å². The molecule has 1 saturated heterocycles. The number of carbonyl (C=O) groups is 2. The molecule has 2 atom stereocenters. The van der Waals surface area contributed by atoms with Crippen LogP contribution in [0.1, 0.15) is 32.1 Å². The molecule has 1 aliphatic carbocycles. The topological polar surface area (TPSA) is 49.4 Å². The van der Waals surface area contributed by atoms with Gasteiger partial charge < -0.3 is 10.2 Å². The third-order valence-corrected chi connectivity index (χ3v) is 4.99. The van der Waals surface area contributed by atoms with Crippen LogP contribution in [0, 0.1) is 5.92 Å². The highest BCUT2D eigenvalue weighted by Gasteiger charge is 2.34. The number of hydrogen-bond donors (Lipinski definition) is 1. The van der Waals surface area contributed by atoms with E-state index in [0.29, 0.717) is 41.0 Å². The number of carbonyl (C=O) groups excluding carboxylic acids is 2. The summed E-state index contributed by atoms with van der Waals surface area (Å²) in [4.78, 5) is 26.8. The summed E-state index contributed by atoms with van der Waals surface area (Å²) in [6.07, 6.45) is 8.32. The third kappa shape index (κ3) is 4.11. The van der Waals surface area contributed by atoms with Gasteiger partial charge in [0, 0.05) is 28.7 Å². The Kier molecular flexibility index (Phi) is 5.47. The van der Waals surface area contributed by atoms with E-state index in [4.69, 9.17) is 23.2 Å². The van der Waals surface area contributed by atoms with E-state index < -0.39 is 6.04 Å². The number of anilines is 1. The maximum Gasteiger partial charge on any atom is 0.247 e. The van der Waals surface area contributed by atoms with Gasteiger partial charge in [-0.1, -0.05) is 35.4 Å². The summed E-state index contributed by atoms with van der Waals surface area (Å²) in [5.41, 5.74) is 0.551. The van der Waals surface area contributed by atoms with Crippen LogP contribution >= 0.6 is 23.2 Å². The summed E-state index contributed by atoms with van der Waals surface area (Å²) in [6.45, 7) is 0.643. The Bertz CT molecular complexity index is 655. The SMILES string of the molecule is O=C(Nc1cc(Cl)cc(Cl)c1)C1CCCN1C(=O)CC1C=CCC1. The number of likely N-dealkylation sites (tertiary alicyclic amines) is 1. The highest BCUT2D eigenvalue weighted by atomic mass is 35.5. The molecule has 1 N–H and O–H groups in total. The summed E-state index contributed by atoms with van der Waals surface area (Å²) in [5.74, 6) is 0.197. The summed E-state index contributed by atoms with van der Waals surface area (Å²) in [5, 5.41) is 3.75. The Balaban J connectivity index is 1.64. The first kappa shape index (κ1) is 17.3. The Morgan fingerprint density at radius 3 is 2.58 bits per heavy atom. The molecule has 1 heterocycles. The first-order valence-electron chi connectivity index (χ1n) is 8.26. The predicted molar refractivity (Wildman–Crippen MR) is 96.3 cm³/mol. The summed E-state index contributed by atoms with van der Waals surface area (Å²) in [7, 11) is 0. The van der Waals surface area contributed by atoms with Crippen LogP contribution in [0.3, 0.4) is 0 Å². The van der Waals surface area contributed by atoms with Crippen molar-refractivity contribution in [2.45, 2.75) is 38.1 Å². The lowest BCUT2D eigenvalue weighted by Gasteiger charge is -2.25. The smallest absolute Gasteiger partial charge is 0.247 e. The van der Waals surface area contributed by atoms with Crippen molar-refractivity contribution in [3.8, 4) is 0 Å². The van der Waals surface area contributed by atoms with Crippen LogP contribution in [-0.2, 0) is 9.59 Å². The van der Waals surface area contributed by atoms with E-state index in [0.717, 1.165) is 19.3 Å². The van der Waals surface area contributed by atoms with Crippen molar-refractivity contribution >= 4 is 40.7 Å². The molecule has 2 amide bonds. The van der Waals surface area contributed by atoms with Crippen LogP contribution in [0.2, 0.25) is 10.0 Å². The predicted octanol–water partition coefficient (Wildman–Crippen LogP) is 4.28. The molecule has 4 nitrogen and oxygen atoms in total. The van der Waals surface area contributed by atoms with Crippen LogP contribution in [0.4, 0.5) is 5.69 Å². The first-order chi connectivity index (χ1) is 11.5. The van der Waals surface area contributed by atoms with Gasteiger partial charge >= 0.3 is 0 Å². The van der Waals surface area contributed by atoms with E-state index in [9.17, 15) is 9.59 Å². The Morgan fingerprint density at radius 1 is 1.17 bits per heavy atom. The van der Waals surface area contributed by atoms with Crippen molar-refractivity contribution in [3.05, 3.63) is 40.4 Å². The lowest BCUT2D eigenvalue weighted by molar-refractivity contribution is -0.137. The molecule has 1 aromatic rings. The maximum atomic E-state index is 12.6. The summed E-state index contributed by atoms with van der Waals surface area (Å²) < 4.78 is 0. The van der Waals surface area contributed by atoms with Crippen LogP contribution in [0.5, 0.6) is 0 Å². The van der Waals surface area contributed by atoms with Crippen molar-refractivity contribution in [3.63, 3.8) is 0 Å². The molecule has 0 saturated carbocycles. The average molecular weight is 367 g/mol. The maximum absolute atomic E-state index is 12.6. The van der Waals surface area contributed by atoms with E-state index in [1.54, 1.807) is 23.1 Å². The number of allylic oxidation sites excluding steroid dienone is 2. The molecule has 0 spiro atoms. The molecule has 6 heteroatoms. The Labute approximate surface area is 151 Å². The third-order valence-electron chi connectivity index (χ3n) is 4.56. The monoisotopic (exact) mass is 366 g/mol. The molecular weight excluding hydrogens is 347 g/mol.